The van der Waals surface area contributed by atoms with Crippen LogP contribution < -0.4 is 0 Å². The molecule has 39 heavy (non-hydrogen) atoms. The van der Waals surface area contributed by atoms with Gasteiger partial charge in [0, 0.05) is 30.6 Å². The van der Waals surface area contributed by atoms with Crippen LogP contribution in [0.2, 0.25) is 0 Å². The molecule has 1 spiro atoms. The van der Waals surface area contributed by atoms with E-state index in [4.69, 9.17) is 0 Å². The van der Waals surface area contributed by atoms with E-state index >= 15 is 0 Å². The van der Waals surface area contributed by atoms with Gasteiger partial charge in [-0.25, -0.2) is 9.78 Å². The summed E-state index contributed by atoms with van der Waals surface area (Å²) in [6, 6.07) is 8.88. The van der Waals surface area contributed by atoms with Crippen molar-refractivity contribution in [2.24, 2.45) is 12.5 Å². The van der Waals surface area contributed by atoms with E-state index in [-0.39, 0.29) is 17.6 Å². The first kappa shape index (κ1) is 27.3. The summed E-state index contributed by atoms with van der Waals surface area (Å²) in [6.45, 7) is 4.78. The number of rotatable bonds is 9. The molecule has 0 amide bonds. The number of thioether (sulfide) groups is 1. The standard InChI is InChI=1S/C27H28F3N5O3S/c1-17-20(8-9-22(31-17)24(37)38-16-36)23-32-33-25(34(23)2)39-13-3-11-35-12-10-26(15-35)14-21(26)18-4-6-19(7-5-18)27(28,29)30/h4-9,16,21H,3,10-15H2,1-2H3/t21-,26+/m1/s1. The Hall–Kier alpha value is -3.25. The second-order valence-corrected chi connectivity index (χ2v) is 11.2. The zero-order chi connectivity index (χ0) is 27.8. The van der Waals surface area contributed by atoms with Crippen molar-refractivity contribution in [1.29, 1.82) is 0 Å². The minimum Gasteiger partial charge on any atom is -0.391 e. The number of hydrogen-bond donors (Lipinski definition) is 0. The summed E-state index contributed by atoms with van der Waals surface area (Å²) >= 11 is 1.62. The average Bonchev–Trinajstić information content (AvgIpc) is 3.25. The van der Waals surface area contributed by atoms with Crippen molar-refractivity contribution in [3.63, 3.8) is 0 Å². The van der Waals surface area contributed by atoms with Gasteiger partial charge in [0.1, 0.15) is 5.69 Å². The highest BCUT2D eigenvalue weighted by Gasteiger charge is 2.57. The molecule has 8 nitrogen and oxygen atoms in total. The first-order chi connectivity index (χ1) is 18.6. The van der Waals surface area contributed by atoms with Gasteiger partial charge in [-0.15, -0.1) is 10.2 Å². The zero-order valence-corrected chi connectivity index (χ0v) is 22.4. The molecule has 1 saturated heterocycles. The second kappa shape index (κ2) is 10.7. The summed E-state index contributed by atoms with van der Waals surface area (Å²) in [7, 11) is 1.88. The van der Waals surface area contributed by atoms with Crippen molar-refractivity contribution in [3.8, 4) is 11.4 Å². The number of carbonyl (C=O) groups is 2. The Bertz CT molecular complexity index is 1380. The maximum Gasteiger partial charge on any atom is 0.416 e. The van der Waals surface area contributed by atoms with Gasteiger partial charge >= 0.3 is 18.6 Å². The molecule has 0 unspecified atom stereocenters. The first-order valence-electron chi connectivity index (χ1n) is 12.7. The Balaban J connectivity index is 1.10. The van der Waals surface area contributed by atoms with E-state index in [9.17, 15) is 22.8 Å². The van der Waals surface area contributed by atoms with Crippen LogP contribution in [0.3, 0.4) is 0 Å². The second-order valence-electron chi connectivity index (χ2n) is 10.2. The highest BCUT2D eigenvalue weighted by atomic mass is 32.2. The van der Waals surface area contributed by atoms with Gasteiger partial charge < -0.3 is 14.2 Å². The first-order valence-corrected chi connectivity index (χ1v) is 13.6. The predicted octanol–water partition coefficient (Wildman–Crippen LogP) is 4.88. The van der Waals surface area contributed by atoms with E-state index in [0.29, 0.717) is 17.4 Å². The maximum atomic E-state index is 12.9. The van der Waals surface area contributed by atoms with Crippen LogP contribution >= 0.6 is 11.8 Å². The minimum absolute atomic E-state index is 0.0423. The molecule has 1 aliphatic carbocycles. The van der Waals surface area contributed by atoms with Crippen molar-refractivity contribution in [2.45, 2.75) is 43.4 Å². The molecule has 3 aromatic rings. The number of benzene rings is 1. The quantitative estimate of drug-likeness (QED) is 0.121. The van der Waals surface area contributed by atoms with Gasteiger partial charge in [-0.3, -0.25) is 4.79 Å². The lowest BCUT2D eigenvalue weighted by Crippen LogP contribution is -2.23. The highest BCUT2D eigenvalue weighted by molar-refractivity contribution is 7.99. The van der Waals surface area contributed by atoms with Crippen LogP contribution in [0.5, 0.6) is 0 Å². The fourth-order valence-corrected chi connectivity index (χ4v) is 6.33. The molecule has 0 radical (unpaired) electrons. The van der Waals surface area contributed by atoms with Crippen LogP contribution in [0, 0.1) is 12.3 Å². The Morgan fingerprint density at radius 1 is 1.21 bits per heavy atom. The molecule has 12 heteroatoms. The molecule has 5 rings (SSSR count). The zero-order valence-electron chi connectivity index (χ0n) is 21.6. The summed E-state index contributed by atoms with van der Waals surface area (Å²) < 4.78 is 44.9. The van der Waals surface area contributed by atoms with Crippen LogP contribution in [0.1, 0.15) is 52.5 Å². The topological polar surface area (TPSA) is 90.2 Å². The lowest BCUT2D eigenvalue weighted by atomic mass is 9.97. The Morgan fingerprint density at radius 3 is 2.67 bits per heavy atom. The number of aryl methyl sites for hydroxylation is 1. The number of pyridine rings is 1. The molecular weight excluding hydrogens is 531 g/mol. The predicted molar refractivity (Wildman–Crippen MR) is 138 cm³/mol. The summed E-state index contributed by atoms with van der Waals surface area (Å²) in [5.74, 6) is 1.03. The van der Waals surface area contributed by atoms with Crippen molar-refractivity contribution >= 4 is 24.2 Å². The number of halogens is 3. The van der Waals surface area contributed by atoms with Crippen LogP contribution in [-0.4, -0.2) is 62.5 Å². The highest BCUT2D eigenvalue weighted by Crippen LogP contribution is 2.64. The van der Waals surface area contributed by atoms with E-state index in [1.54, 1.807) is 36.9 Å². The van der Waals surface area contributed by atoms with Crippen molar-refractivity contribution in [1.82, 2.24) is 24.6 Å². The molecule has 206 valence electrons. The third-order valence-electron chi connectivity index (χ3n) is 7.67. The van der Waals surface area contributed by atoms with Crippen LogP contribution in [0.15, 0.2) is 41.6 Å². The molecule has 2 aliphatic rings. The van der Waals surface area contributed by atoms with Gasteiger partial charge in [0.15, 0.2) is 11.0 Å². The van der Waals surface area contributed by atoms with Crippen molar-refractivity contribution in [2.75, 3.05) is 25.4 Å². The smallest absolute Gasteiger partial charge is 0.391 e. The third-order valence-corrected chi connectivity index (χ3v) is 8.78. The molecule has 1 aromatic carbocycles. The number of aromatic nitrogens is 4. The van der Waals surface area contributed by atoms with Gasteiger partial charge in [0.05, 0.1) is 5.56 Å². The number of likely N-dealkylation sites (tertiary alicyclic amines) is 1. The Kier molecular flexibility index (Phi) is 7.51. The molecular formula is C27H28F3N5O3S. The molecule has 0 N–H and O–H groups in total. The van der Waals surface area contributed by atoms with Gasteiger partial charge in [-0.05, 0) is 80.4 Å². The Labute approximate surface area is 228 Å². The monoisotopic (exact) mass is 559 g/mol. The number of alkyl halides is 3. The van der Waals surface area contributed by atoms with Gasteiger partial charge in [0.2, 0.25) is 0 Å². The maximum absolute atomic E-state index is 12.9. The van der Waals surface area contributed by atoms with Crippen LogP contribution in [-0.2, 0) is 22.8 Å². The van der Waals surface area contributed by atoms with Crippen LogP contribution in [0.4, 0.5) is 13.2 Å². The van der Waals surface area contributed by atoms with E-state index in [1.165, 1.54) is 18.2 Å². The van der Waals surface area contributed by atoms with Gasteiger partial charge in [-0.2, -0.15) is 13.2 Å². The SMILES string of the molecule is Cc1nc(C(=O)OC=O)ccc1-c1nnc(SCCCN2CC[C@]3(C[C@@H]3c3ccc(C(F)(F)F)cc3)C2)n1C. The minimum atomic E-state index is -4.30. The van der Waals surface area contributed by atoms with Crippen LogP contribution in [0.25, 0.3) is 11.4 Å². The molecule has 1 saturated carbocycles. The number of ether oxygens (including phenoxy) is 1. The summed E-state index contributed by atoms with van der Waals surface area (Å²) in [6.07, 6.45) is -1.20. The molecule has 3 heterocycles. The molecule has 2 fully saturated rings. The molecule has 0 bridgehead atoms. The fourth-order valence-electron chi connectivity index (χ4n) is 5.49. The van der Waals surface area contributed by atoms with Crippen molar-refractivity contribution in [3.05, 3.63) is 58.9 Å². The summed E-state index contributed by atoms with van der Waals surface area (Å²) in [4.78, 5) is 28.8. The van der Waals surface area contributed by atoms with E-state index in [0.717, 1.165) is 60.9 Å². The third kappa shape index (κ3) is 5.72. The fraction of sp³-hybridized carbons (Fsp3) is 0.444. The van der Waals surface area contributed by atoms with E-state index < -0.39 is 17.7 Å². The number of esters is 1. The lowest BCUT2D eigenvalue weighted by molar-refractivity contribution is -0.137. The van der Waals surface area contributed by atoms with E-state index in [1.807, 2.05) is 11.6 Å². The Morgan fingerprint density at radius 2 is 1.97 bits per heavy atom. The molecule has 1 aliphatic heterocycles. The number of carbonyl (C=O) groups excluding carboxylic acids is 2. The summed E-state index contributed by atoms with van der Waals surface area (Å²) in [5.41, 5.74) is 1.97. The largest absolute Gasteiger partial charge is 0.416 e. The number of nitrogens with zero attached hydrogens (tertiary/aromatic N) is 5. The molecule has 2 aromatic heterocycles. The van der Waals surface area contributed by atoms with Crippen molar-refractivity contribution < 1.29 is 27.5 Å². The molecule has 2 atom stereocenters. The van der Waals surface area contributed by atoms with Gasteiger partial charge in [-0.1, -0.05) is 23.9 Å². The number of hydrogen-bond acceptors (Lipinski definition) is 8. The average molecular weight is 560 g/mol. The summed E-state index contributed by atoms with van der Waals surface area (Å²) in [5, 5.41) is 9.39. The van der Waals surface area contributed by atoms with Gasteiger partial charge in [0.25, 0.3) is 0 Å². The lowest BCUT2D eigenvalue weighted by Gasteiger charge is -2.16. The normalized spacial score (nSPS) is 20.9. The van der Waals surface area contributed by atoms with E-state index in [2.05, 4.69) is 24.8 Å².